The maximum Gasteiger partial charge on any atom is 0.253 e. The summed E-state index contributed by atoms with van der Waals surface area (Å²) in [6, 6.07) is 7.33. The van der Waals surface area contributed by atoms with Crippen molar-refractivity contribution in [1.82, 2.24) is 0 Å². The molecule has 1 aromatic rings. The van der Waals surface area contributed by atoms with Crippen LogP contribution in [-0.2, 0) is 9.53 Å². The standard InChI is InChI=1S/C13H12N2O4/c14-6-10-7-15(13(16)8-19-10)9-1-2-11-12(5-9)18-4-3-17-11/h1-2,5,10H,3-4,7-8H2. The number of hydrogen-bond acceptors (Lipinski definition) is 5. The van der Waals surface area contributed by atoms with Gasteiger partial charge in [-0.3, -0.25) is 4.79 Å². The van der Waals surface area contributed by atoms with E-state index in [1.54, 1.807) is 18.2 Å². The topological polar surface area (TPSA) is 71.8 Å². The SMILES string of the molecule is N#CC1CN(c2ccc3c(c2)OCCO3)C(=O)CO1. The van der Waals surface area contributed by atoms with E-state index < -0.39 is 6.10 Å². The Bertz CT molecular complexity index is 552. The molecule has 2 aliphatic heterocycles. The van der Waals surface area contributed by atoms with Crippen molar-refractivity contribution < 1.29 is 19.0 Å². The first kappa shape index (κ1) is 11.8. The molecular weight excluding hydrogens is 248 g/mol. The van der Waals surface area contributed by atoms with E-state index in [0.717, 1.165) is 0 Å². The highest BCUT2D eigenvalue weighted by atomic mass is 16.6. The normalized spacial score (nSPS) is 21.9. The van der Waals surface area contributed by atoms with Crippen LogP contribution in [0.3, 0.4) is 0 Å². The first-order valence-corrected chi connectivity index (χ1v) is 5.99. The molecule has 0 saturated carbocycles. The van der Waals surface area contributed by atoms with Crippen LogP contribution in [0.15, 0.2) is 18.2 Å². The molecule has 1 aromatic carbocycles. The maximum absolute atomic E-state index is 11.8. The highest BCUT2D eigenvalue weighted by Crippen LogP contribution is 2.34. The zero-order valence-electron chi connectivity index (χ0n) is 10.2. The van der Waals surface area contributed by atoms with Crippen LogP contribution in [0.4, 0.5) is 5.69 Å². The fourth-order valence-electron chi connectivity index (χ4n) is 2.10. The number of amides is 1. The predicted molar refractivity (Wildman–Crippen MR) is 65.1 cm³/mol. The lowest BCUT2D eigenvalue weighted by Crippen LogP contribution is -2.46. The molecule has 19 heavy (non-hydrogen) atoms. The van der Waals surface area contributed by atoms with E-state index in [0.29, 0.717) is 30.4 Å². The summed E-state index contributed by atoms with van der Waals surface area (Å²) in [6.07, 6.45) is -0.592. The summed E-state index contributed by atoms with van der Waals surface area (Å²) in [6.45, 7) is 1.18. The fraction of sp³-hybridized carbons (Fsp3) is 0.385. The van der Waals surface area contributed by atoms with E-state index in [4.69, 9.17) is 19.5 Å². The molecule has 1 fully saturated rings. The summed E-state index contributed by atoms with van der Waals surface area (Å²) >= 11 is 0. The van der Waals surface area contributed by atoms with Crippen molar-refractivity contribution in [3.05, 3.63) is 18.2 Å². The number of carbonyl (C=O) groups excluding carboxylic acids is 1. The van der Waals surface area contributed by atoms with Gasteiger partial charge in [0.2, 0.25) is 0 Å². The highest BCUT2D eigenvalue weighted by Gasteiger charge is 2.28. The lowest BCUT2D eigenvalue weighted by Gasteiger charge is -2.30. The number of fused-ring (bicyclic) bond motifs is 1. The van der Waals surface area contributed by atoms with Gasteiger partial charge in [0.25, 0.3) is 5.91 Å². The minimum absolute atomic E-state index is 0.0767. The van der Waals surface area contributed by atoms with Gasteiger partial charge in [-0.2, -0.15) is 5.26 Å². The van der Waals surface area contributed by atoms with Crippen molar-refractivity contribution in [3.8, 4) is 17.6 Å². The molecule has 0 spiro atoms. The van der Waals surface area contributed by atoms with Crippen molar-refractivity contribution in [2.75, 3.05) is 31.3 Å². The molecule has 6 nitrogen and oxygen atoms in total. The van der Waals surface area contributed by atoms with Gasteiger partial charge in [-0.1, -0.05) is 0 Å². The number of nitrogens with zero attached hydrogens (tertiary/aromatic N) is 2. The molecule has 1 unspecified atom stereocenters. The molecule has 0 aliphatic carbocycles. The van der Waals surface area contributed by atoms with Crippen molar-refractivity contribution in [2.24, 2.45) is 0 Å². The van der Waals surface area contributed by atoms with E-state index in [1.165, 1.54) is 4.90 Å². The second-order valence-electron chi connectivity index (χ2n) is 4.26. The Morgan fingerprint density at radius 3 is 2.84 bits per heavy atom. The number of nitriles is 1. The Morgan fingerprint density at radius 2 is 2.05 bits per heavy atom. The third kappa shape index (κ3) is 2.20. The monoisotopic (exact) mass is 260 g/mol. The molecule has 3 rings (SSSR count). The van der Waals surface area contributed by atoms with E-state index in [2.05, 4.69) is 0 Å². The van der Waals surface area contributed by atoms with Gasteiger partial charge in [0.05, 0.1) is 12.6 Å². The van der Waals surface area contributed by atoms with Crippen molar-refractivity contribution >= 4 is 11.6 Å². The Labute approximate surface area is 110 Å². The van der Waals surface area contributed by atoms with Crippen LogP contribution >= 0.6 is 0 Å². The summed E-state index contributed by atoms with van der Waals surface area (Å²) in [5.74, 6) is 1.13. The number of rotatable bonds is 1. The van der Waals surface area contributed by atoms with Crippen molar-refractivity contribution in [3.63, 3.8) is 0 Å². The average Bonchev–Trinajstić information content (AvgIpc) is 2.47. The number of ether oxygens (including phenoxy) is 3. The van der Waals surface area contributed by atoms with Gasteiger partial charge in [-0.05, 0) is 12.1 Å². The molecular formula is C13H12N2O4. The van der Waals surface area contributed by atoms with Crippen molar-refractivity contribution in [1.29, 1.82) is 5.26 Å². The fourth-order valence-corrected chi connectivity index (χ4v) is 2.10. The third-order valence-corrected chi connectivity index (χ3v) is 3.04. The molecule has 1 atom stereocenters. The van der Waals surface area contributed by atoms with Crippen LogP contribution in [0, 0.1) is 11.3 Å². The number of benzene rings is 1. The minimum atomic E-state index is -0.592. The van der Waals surface area contributed by atoms with Gasteiger partial charge in [-0.15, -0.1) is 0 Å². The van der Waals surface area contributed by atoms with E-state index in [-0.39, 0.29) is 19.1 Å². The minimum Gasteiger partial charge on any atom is -0.486 e. The van der Waals surface area contributed by atoms with E-state index in [9.17, 15) is 4.79 Å². The van der Waals surface area contributed by atoms with E-state index >= 15 is 0 Å². The first-order chi connectivity index (χ1) is 9.28. The molecule has 0 N–H and O–H groups in total. The number of hydrogen-bond donors (Lipinski definition) is 0. The molecule has 1 amide bonds. The first-order valence-electron chi connectivity index (χ1n) is 5.99. The highest BCUT2D eigenvalue weighted by molar-refractivity contribution is 5.95. The Morgan fingerprint density at radius 1 is 1.26 bits per heavy atom. The maximum atomic E-state index is 11.8. The zero-order valence-corrected chi connectivity index (χ0v) is 10.2. The number of anilines is 1. The molecule has 2 heterocycles. The third-order valence-electron chi connectivity index (χ3n) is 3.04. The van der Waals surface area contributed by atoms with Crippen LogP contribution < -0.4 is 14.4 Å². The summed E-state index contributed by atoms with van der Waals surface area (Å²) in [5.41, 5.74) is 0.692. The Balaban J connectivity index is 1.88. The van der Waals surface area contributed by atoms with Crippen LogP contribution in [0.2, 0.25) is 0 Å². The summed E-state index contributed by atoms with van der Waals surface area (Å²) in [5, 5.41) is 8.88. The summed E-state index contributed by atoms with van der Waals surface area (Å²) in [4.78, 5) is 13.4. The zero-order chi connectivity index (χ0) is 13.2. The number of morpholine rings is 1. The predicted octanol–water partition coefficient (Wildman–Crippen LogP) is 0.713. The summed E-state index contributed by atoms with van der Waals surface area (Å²) in [7, 11) is 0. The molecule has 0 bridgehead atoms. The molecule has 0 aromatic heterocycles. The van der Waals surface area contributed by atoms with Crippen LogP contribution in [0.1, 0.15) is 0 Å². The van der Waals surface area contributed by atoms with Gasteiger partial charge in [0.1, 0.15) is 19.8 Å². The van der Waals surface area contributed by atoms with Gasteiger partial charge >= 0.3 is 0 Å². The molecule has 0 radical (unpaired) electrons. The van der Waals surface area contributed by atoms with Crippen LogP contribution in [-0.4, -0.2) is 38.4 Å². The molecule has 2 aliphatic rings. The summed E-state index contributed by atoms with van der Waals surface area (Å²) < 4.78 is 16.0. The van der Waals surface area contributed by atoms with Gasteiger partial charge in [0.15, 0.2) is 17.6 Å². The van der Waals surface area contributed by atoms with Gasteiger partial charge < -0.3 is 19.1 Å². The second-order valence-corrected chi connectivity index (χ2v) is 4.26. The lowest BCUT2D eigenvalue weighted by atomic mass is 10.2. The second kappa shape index (κ2) is 4.78. The molecule has 6 heteroatoms. The van der Waals surface area contributed by atoms with Gasteiger partial charge in [-0.25, -0.2) is 0 Å². The quantitative estimate of drug-likeness (QED) is 0.743. The Kier molecular flexibility index (Phi) is 2.97. The molecule has 98 valence electrons. The van der Waals surface area contributed by atoms with E-state index in [1.807, 2.05) is 6.07 Å². The average molecular weight is 260 g/mol. The van der Waals surface area contributed by atoms with Crippen LogP contribution in [0.5, 0.6) is 11.5 Å². The van der Waals surface area contributed by atoms with Crippen LogP contribution in [0.25, 0.3) is 0 Å². The largest absolute Gasteiger partial charge is 0.486 e. The Hall–Kier alpha value is -2.26. The molecule has 1 saturated heterocycles. The van der Waals surface area contributed by atoms with Crippen molar-refractivity contribution in [2.45, 2.75) is 6.10 Å². The lowest BCUT2D eigenvalue weighted by molar-refractivity contribution is -0.127. The van der Waals surface area contributed by atoms with Gasteiger partial charge in [0, 0.05) is 11.8 Å². The number of carbonyl (C=O) groups is 1. The smallest absolute Gasteiger partial charge is 0.253 e.